The average molecular weight is 297 g/mol. The van der Waals surface area contributed by atoms with E-state index in [1.165, 1.54) is 5.56 Å². The lowest BCUT2D eigenvalue weighted by Crippen LogP contribution is -2.04. The average Bonchev–Trinajstić information content (AvgIpc) is 2.64. The lowest BCUT2D eigenvalue weighted by atomic mass is 10.0. The van der Waals surface area contributed by atoms with Crippen molar-refractivity contribution in [2.24, 2.45) is 4.99 Å². The molecule has 23 heavy (non-hydrogen) atoms. The van der Waals surface area contributed by atoms with Crippen LogP contribution in [0, 0.1) is 0 Å². The summed E-state index contributed by atoms with van der Waals surface area (Å²) in [5, 5.41) is 0. The highest BCUT2D eigenvalue weighted by molar-refractivity contribution is 6.12. The van der Waals surface area contributed by atoms with Gasteiger partial charge in [0.1, 0.15) is 0 Å². The van der Waals surface area contributed by atoms with E-state index in [9.17, 15) is 0 Å². The van der Waals surface area contributed by atoms with Crippen molar-refractivity contribution in [1.82, 2.24) is 0 Å². The third-order valence-electron chi connectivity index (χ3n) is 3.78. The molecule has 0 aliphatic rings. The van der Waals surface area contributed by atoms with Crippen molar-refractivity contribution in [3.63, 3.8) is 0 Å². The van der Waals surface area contributed by atoms with Crippen LogP contribution in [0.2, 0.25) is 0 Å². The molecule has 0 fully saturated rings. The monoisotopic (exact) mass is 297 g/mol. The molecular formula is C22H19N. The minimum absolute atomic E-state index is 0.640. The molecule has 112 valence electrons. The molecule has 3 aromatic rings. The van der Waals surface area contributed by atoms with Crippen molar-refractivity contribution in [1.29, 1.82) is 0 Å². The molecule has 0 amide bonds. The maximum Gasteiger partial charge on any atom is 0.0723 e. The van der Waals surface area contributed by atoms with E-state index < -0.39 is 0 Å². The van der Waals surface area contributed by atoms with Gasteiger partial charge in [0.2, 0.25) is 0 Å². The number of benzene rings is 3. The largest absolute Gasteiger partial charge is 0.279 e. The fourth-order valence-electron chi connectivity index (χ4n) is 2.58. The zero-order valence-corrected chi connectivity index (χ0v) is 13.0. The smallest absolute Gasteiger partial charge is 0.0723 e. The molecule has 3 aromatic carbocycles. The number of rotatable bonds is 5. The predicted octanol–water partition coefficient (Wildman–Crippen LogP) is 5.37. The van der Waals surface area contributed by atoms with E-state index in [0.717, 1.165) is 22.4 Å². The van der Waals surface area contributed by atoms with E-state index in [4.69, 9.17) is 4.99 Å². The van der Waals surface area contributed by atoms with Crippen LogP contribution >= 0.6 is 0 Å². The van der Waals surface area contributed by atoms with Crippen molar-refractivity contribution >= 4 is 11.8 Å². The number of hydrogen-bond acceptors (Lipinski definition) is 1. The molecule has 0 saturated heterocycles. The summed E-state index contributed by atoms with van der Waals surface area (Å²) in [4.78, 5) is 4.91. The van der Waals surface area contributed by atoms with Gasteiger partial charge in [0, 0.05) is 11.1 Å². The van der Waals surface area contributed by atoms with Crippen molar-refractivity contribution in [2.45, 2.75) is 6.54 Å². The highest BCUT2D eigenvalue weighted by Crippen LogP contribution is 2.15. The minimum atomic E-state index is 0.640. The van der Waals surface area contributed by atoms with Gasteiger partial charge in [-0.05, 0) is 11.1 Å². The molecule has 0 radical (unpaired) electrons. The first-order valence-electron chi connectivity index (χ1n) is 7.74. The minimum Gasteiger partial charge on any atom is -0.279 e. The zero-order valence-electron chi connectivity index (χ0n) is 13.0. The standard InChI is InChI=1S/C22H19N/c1-2-18-11-9-10-16-21(18)17-23-22(19-12-5-3-6-13-19)20-14-7-4-8-15-20/h2-16H,1,17H2. The van der Waals surface area contributed by atoms with E-state index in [-0.39, 0.29) is 0 Å². The number of hydrogen-bond donors (Lipinski definition) is 0. The molecular weight excluding hydrogens is 278 g/mol. The second-order valence-corrected chi connectivity index (χ2v) is 5.30. The third kappa shape index (κ3) is 3.64. The molecule has 0 N–H and O–H groups in total. The van der Waals surface area contributed by atoms with Crippen molar-refractivity contribution < 1.29 is 0 Å². The third-order valence-corrected chi connectivity index (χ3v) is 3.78. The molecule has 0 spiro atoms. The summed E-state index contributed by atoms with van der Waals surface area (Å²) in [7, 11) is 0. The first-order valence-corrected chi connectivity index (χ1v) is 7.74. The van der Waals surface area contributed by atoms with Crippen LogP contribution in [0.3, 0.4) is 0 Å². The molecule has 0 heterocycles. The van der Waals surface area contributed by atoms with Crippen LogP contribution in [0.1, 0.15) is 22.3 Å². The fourth-order valence-corrected chi connectivity index (χ4v) is 2.58. The zero-order chi connectivity index (χ0) is 15.9. The Balaban J connectivity index is 2.00. The maximum absolute atomic E-state index is 4.91. The Morgan fingerprint density at radius 2 is 1.26 bits per heavy atom. The Hall–Kier alpha value is -2.93. The molecule has 3 rings (SSSR count). The van der Waals surface area contributed by atoms with Crippen molar-refractivity contribution in [2.75, 3.05) is 0 Å². The molecule has 1 nitrogen and oxygen atoms in total. The number of aliphatic imine (C=N–C) groups is 1. The summed E-state index contributed by atoms with van der Waals surface area (Å²) in [5.41, 5.74) is 5.61. The Bertz CT molecular complexity index is 760. The summed E-state index contributed by atoms with van der Waals surface area (Å²) < 4.78 is 0. The van der Waals surface area contributed by atoms with Crippen LogP contribution in [0.15, 0.2) is 96.5 Å². The highest BCUT2D eigenvalue weighted by atomic mass is 14.7. The molecule has 1 heteroatoms. The van der Waals surface area contributed by atoms with Gasteiger partial charge in [-0.3, -0.25) is 4.99 Å². The second-order valence-electron chi connectivity index (χ2n) is 5.30. The van der Waals surface area contributed by atoms with Gasteiger partial charge >= 0.3 is 0 Å². The Morgan fingerprint density at radius 3 is 1.83 bits per heavy atom. The van der Waals surface area contributed by atoms with Crippen LogP contribution in [0.25, 0.3) is 6.08 Å². The van der Waals surface area contributed by atoms with E-state index in [1.807, 2.05) is 54.6 Å². The van der Waals surface area contributed by atoms with Crippen LogP contribution < -0.4 is 0 Å². The van der Waals surface area contributed by atoms with E-state index in [0.29, 0.717) is 6.54 Å². The molecule has 0 aliphatic heterocycles. The Morgan fingerprint density at radius 1 is 0.739 bits per heavy atom. The molecule has 0 bridgehead atoms. The van der Waals surface area contributed by atoms with E-state index in [2.05, 4.69) is 43.0 Å². The normalized spacial score (nSPS) is 10.1. The molecule has 0 atom stereocenters. The SMILES string of the molecule is C=Cc1ccccc1CN=C(c1ccccc1)c1ccccc1. The summed E-state index contributed by atoms with van der Waals surface area (Å²) in [5.74, 6) is 0. The Labute approximate surface area is 137 Å². The first kappa shape index (κ1) is 15.0. The molecule has 0 aliphatic carbocycles. The van der Waals surface area contributed by atoms with Gasteiger partial charge in [-0.2, -0.15) is 0 Å². The second kappa shape index (κ2) is 7.37. The van der Waals surface area contributed by atoms with Gasteiger partial charge in [0.15, 0.2) is 0 Å². The topological polar surface area (TPSA) is 12.4 Å². The summed E-state index contributed by atoms with van der Waals surface area (Å²) in [6, 6.07) is 28.9. The quantitative estimate of drug-likeness (QED) is 0.562. The molecule has 0 unspecified atom stereocenters. The van der Waals surface area contributed by atoms with Crippen molar-refractivity contribution in [3.8, 4) is 0 Å². The highest BCUT2D eigenvalue weighted by Gasteiger charge is 2.06. The predicted molar refractivity (Wildman–Crippen MR) is 98.8 cm³/mol. The molecule has 0 saturated carbocycles. The maximum atomic E-state index is 4.91. The van der Waals surface area contributed by atoms with Gasteiger partial charge < -0.3 is 0 Å². The summed E-state index contributed by atoms with van der Waals surface area (Å²) in [6.45, 7) is 4.53. The summed E-state index contributed by atoms with van der Waals surface area (Å²) >= 11 is 0. The molecule has 0 aromatic heterocycles. The van der Waals surface area contributed by atoms with Gasteiger partial charge in [-0.15, -0.1) is 0 Å². The van der Waals surface area contributed by atoms with Gasteiger partial charge in [-0.1, -0.05) is 97.6 Å². The lowest BCUT2D eigenvalue weighted by Gasteiger charge is -2.09. The Kier molecular flexibility index (Phi) is 4.80. The number of nitrogens with zero attached hydrogens (tertiary/aromatic N) is 1. The van der Waals surface area contributed by atoms with Crippen LogP contribution in [-0.2, 0) is 6.54 Å². The van der Waals surface area contributed by atoms with E-state index in [1.54, 1.807) is 0 Å². The lowest BCUT2D eigenvalue weighted by molar-refractivity contribution is 1.06. The van der Waals surface area contributed by atoms with Gasteiger partial charge in [0.25, 0.3) is 0 Å². The van der Waals surface area contributed by atoms with Crippen molar-refractivity contribution in [3.05, 3.63) is 114 Å². The fraction of sp³-hybridized carbons (Fsp3) is 0.0455. The van der Waals surface area contributed by atoms with Gasteiger partial charge in [0.05, 0.1) is 12.3 Å². The van der Waals surface area contributed by atoms with Gasteiger partial charge in [-0.25, -0.2) is 0 Å². The first-order chi connectivity index (χ1) is 11.4. The van der Waals surface area contributed by atoms with Crippen LogP contribution in [0.4, 0.5) is 0 Å². The van der Waals surface area contributed by atoms with E-state index >= 15 is 0 Å². The van der Waals surface area contributed by atoms with Crippen LogP contribution in [0.5, 0.6) is 0 Å². The van der Waals surface area contributed by atoms with Crippen LogP contribution in [-0.4, -0.2) is 5.71 Å². The summed E-state index contributed by atoms with van der Waals surface area (Å²) in [6.07, 6.45) is 1.88.